The molecule has 0 bridgehead atoms. The molecule has 0 aromatic heterocycles. The molecular formula is C23H41N3O7. The molecule has 1 fully saturated rings. The average Bonchev–Trinajstić information content (AvgIpc) is 2.72. The van der Waals surface area contributed by atoms with Gasteiger partial charge in [0.25, 0.3) is 0 Å². The summed E-state index contributed by atoms with van der Waals surface area (Å²) >= 11 is 0. The number of amides is 3. The Morgan fingerprint density at radius 3 is 2.03 bits per heavy atom. The van der Waals surface area contributed by atoms with E-state index in [9.17, 15) is 24.3 Å². The fourth-order valence-corrected chi connectivity index (χ4v) is 3.78. The molecule has 1 aliphatic rings. The first kappa shape index (κ1) is 28.7. The van der Waals surface area contributed by atoms with Gasteiger partial charge in [0.15, 0.2) is 6.04 Å². The van der Waals surface area contributed by atoms with E-state index in [1.807, 2.05) is 13.8 Å². The number of carboxylic acids is 1. The molecule has 10 nitrogen and oxygen atoms in total. The van der Waals surface area contributed by atoms with Crippen molar-refractivity contribution in [2.45, 2.75) is 97.4 Å². The van der Waals surface area contributed by atoms with Crippen LogP contribution in [0.25, 0.3) is 0 Å². The Hall–Kier alpha value is -2.36. The van der Waals surface area contributed by atoms with Crippen molar-refractivity contribution in [3.8, 4) is 0 Å². The molecule has 10 heteroatoms. The zero-order chi connectivity index (χ0) is 25.3. The molecule has 3 amide bonds. The molecule has 0 aromatic carbocycles. The molecule has 33 heavy (non-hydrogen) atoms. The van der Waals surface area contributed by atoms with Crippen molar-refractivity contribution in [3.05, 3.63) is 0 Å². The van der Waals surface area contributed by atoms with Crippen LogP contribution in [0.3, 0.4) is 0 Å². The quantitative estimate of drug-likeness (QED) is 0.325. The molecule has 1 saturated carbocycles. The lowest BCUT2D eigenvalue weighted by molar-refractivity contribution is -0.145. The molecule has 0 unspecified atom stereocenters. The lowest BCUT2D eigenvalue weighted by Crippen LogP contribution is -2.52. The zero-order valence-corrected chi connectivity index (χ0v) is 20.6. The molecule has 5 N–H and O–H groups in total. The van der Waals surface area contributed by atoms with Crippen molar-refractivity contribution < 1.29 is 34.1 Å². The second-order valence-corrected chi connectivity index (χ2v) is 10.0. The van der Waals surface area contributed by atoms with Gasteiger partial charge < -0.3 is 30.9 Å². The van der Waals surface area contributed by atoms with Crippen molar-refractivity contribution in [3.63, 3.8) is 0 Å². The standard InChI is InChI=1S/C23H41N3O7/c1-7-13(2)17(26-22(32)33-23(4,5)6)20(29)24-12-15-8-10-16(11-9-15)19(28)25-18(14(3)27)21(30)31/h13-18,27H,7-12H2,1-6H3,(H,24,29)(H,25,28)(H,26,32)(H,30,31)/t13-,14+,15?,16?,17+,18+/m1/s1. The van der Waals surface area contributed by atoms with Crippen LogP contribution in [0.5, 0.6) is 0 Å². The molecular weight excluding hydrogens is 430 g/mol. The Kier molecular flexibility index (Phi) is 11.1. The van der Waals surface area contributed by atoms with Gasteiger partial charge in [0.1, 0.15) is 11.6 Å². The van der Waals surface area contributed by atoms with Gasteiger partial charge >= 0.3 is 12.1 Å². The fraction of sp³-hybridized carbons (Fsp3) is 0.826. The number of alkyl carbamates (subject to hydrolysis) is 1. The summed E-state index contributed by atoms with van der Waals surface area (Å²) in [5.41, 5.74) is -0.662. The summed E-state index contributed by atoms with van der Waals surface area (Å²) in [5, 5.41) is 26.7. The number of carbonyl (C=O) groups is 4. The van der Waals surface area contributed by atoms with Gasteiger partial charge in [-0.05, 0) is 65.2 Å². The summed E-state index contributed by atoms with van der Waals surface area (Å²) in [6, 6.07) is -2.04. The van der Waals surface area contributed by atoms with Gasteiger partial charge in [-0.2, -0.15) is 0 Å². The monoisotopic (exact) mass is 471 g/mol. The minimum Gasteiger partial charge on any atom is -0.480 e. The number of nitrogens with one attached hydrogen (secondary N) is 3. The molecule has 1 aliphatic carbocycles. The maximum absolute atomic E-state index is 12.8. The van der Waals surface area contributed by atoms with Gasteiger partial charge in [0.2, 0.25) is 11.8 Å². The minimum absolute atomic E-state index is 0.0759. The molecule has 0 radical (unpaired) electrons. The van der Waals surface area contributed by atoms with E-state index in [1.54, 1.807) is 20.8 Å². The average molecular weight is 472 g/mol. The van der Waals surface area contributed by atoms with Crippen LogP contribution in [0.15, 0.2) is 0 Å². The maximum Gasteiger partial charge on any atom is 0.408 e. The molecule has 0 heterocycles. The van der Waals surface area contributed by atoms with Crippen LogP contribution in [-0.4, -0.2) is 64.4 Å². The molecule has 0 spiro atoms. The summed E-state index contributed by atoms with van der Waals surface area (Å²) in [6.07, 6.45) is 1.44. The summed E-state index contributed by atoms with van der Waals surface area (Å²) in [7, 11) is 0. The third kappa shape index (κ3) is 9.98. The predicted octanol–water partition coefficient (Wildman–Crippen LogP) is 1.80. The van der Waals surface area contributed by atoms with Gasteiger partial charge in [-0.15, -0.1) is 0 Å². The van der Waals surface area contributed by atoms with Crippen LogP contribution in [-0.2, 0) is 19.1 Å². The highest BCUT2D eigenvalue weighted by atomic mass is 16.6. The number of rotatable bonds is 10. The largest absolute Gasteiger partial charge is 0.480 e. The number of hydrogen-bond acceptors (Lipinski definition) is 6. The lowest BCUT2D eigenvalue weighted by Gasteiger charge is -2.30. The Morgan fingerprint density at radius 2 is 1.58 bits per heavy atom. The number of hydrogen-bond donors (Lipinski definition) is 5. The first-order valence-corrected chi connectivity index (χ1v) is 11.7. The summed E-state index contributed by atoms with van der Waals surface area (Å²) in [4.78, 5) is 48.5. The molecule has 0 aliphatic heterocycles. The van der Waals surface area contributed by atoms with Crippen LogP contribution < -0.4 is 16.0 Å². The van der Waals surface area contributed by atoms with Crippen LogP contribution in [0, 0.1) is 17.8 Å². The normalized spacial score (nSPS) is 22.3. The van der Waals surface area contributed by atoms with E-state index in [4.69, 9.17) is 9.84 Å². The number of ether oxygens (including phenoxy) is 1. The maximum atomic E-state index is 12.8. The van der Waals surface area contributed by atoms with Crippen LogP contribution in [0.4, 0.5) is 4.79 Å². The summed E-state index contributed by atoms with van der Waals surface area (Å²) in [5.74, 6) is -2.12. The van der Waals surface area contributed by atoms with E-state index < -0.39 is 35.9 Å². The highest BCUT2D eigenvalue weighted by Gasteiger charge is 2.32. The van der Waals surface area contributed by atoms with Crippen LogP contribution >= 0.6 is 0 Å². The Bertz CT molecular complexity index is 682. The topological polar surface area (TPSA) is 154 Å². The van der Waals surface area contributed by atoms with Gasteiger partial charge in [0, 0.05) is 12.5 Å². The van der Waals surface area contributed by atoms with Crippen molar-refractivity contribution in [2.24, 2.45) is 17.8 Å². The summed E-state index contributed by atoms with van der Waals surface area (Å²) in [6.45, 7) is 10.9. The van der Waals surface area contributed by atoms with Crippen molar-refractivity contribution in [2.75, 3.05) is 6.54 Å². The van der Waals surface area contributed by atoms with Gasteiger partial charge in [0.05, 0.1) is 6.10 Å². The predicted molar refractivity (Wildman–Crippen MR) is 122 cm³/mol. The number of aliphatic hydroxyl groups is 1. The van der Waals surface area contributed by atoms with Gasteiger partial charge in [-0.3, -0.25) is 9.59 Å². The first-order chi connectivity index (χ1) is 15.2. The van der Waals surface area contributed by atoms with Crippen LogP contribution in [0.1, 0.15) is 73.6 Å². The Balaban J connectivity index is 2.55. The molecule has 1 rings (SSSR count). The second-order valence-electron chi connectivity index (χ2n) is 10.0. The molecule has 190 valence electrons. The number of carboxylic acid groups (broad SMARTS) is 1. The number of carbonyl (C=O) groups excluding carboxylic acids is 3. The Morgan fingerprint density at radius 1 is 1.00 bits per heavy atom. The van der Waals surface area contributed by atoms with Crippen molar-refractivity contribution in [1.82, 2.24) is 16.0 Å². The van der Waals surface area contributed by atoms with E-state index in [1.165, 1.54) is 6.92 Å². The van der Waals surface area contributed by atoms with Crippen molar-refractivity contribution in [1.29, 1.82) is 0 Å². The van der Waals surface area contributed by atoms with Gasteiger partial charge in [-0.1, -0.05) is 20.3 Å². The Labute approximate surface area is 196 Å². The fourth-order valence-electron chi connectivity index (χ4n) is 3.78. The number of aliphatic hydroxyl groups excluding tert-OH is 1. The summed E-state index contributed by atoms with van der Waals surface area (Å²) < 4.78 is 5.28. The van der Waals surface area contributed by atoms with E-state index >= 15 is 0 Å². The third-order valence-corrected chi connectivity index (χ3v) is 6.00. The SMILES string of the molecule is CC[C@@H](C)[C@H](NC(=O)OC(C)(C)C)C(=O)NCC1CCC(C(=O)N[C@H](C(=O)O)[C@H](C)O)CC1. The lowest BCUT2D eigenvalue weighted by atomic mass is 9.81. The van der Waals surface area contributed by atoms with E-state index in [-0.39, 0.29) is 29.6 Å². The second kappa shape index (κ2) is 12.8. The first-order valence-electron chi connectivity index (χ1n) is 11.7. The smallest absolute Gasteiger partial charge is 0.408 e. The number of aliphatic carboxylic acids is 1. The molecule has 0 aromatic rings. The zero-order valence-electron chi connectivity index (χ0n) is 20.6. The van der Waals surface area contributed by atoms with E-state index in [0.29, 0.717) is 38.6 Å². The third-order valence-electron chi connectivity index (χ3n) is 6.00. The van der Waals surface area contributed by atoms with E-state index in [2.05, 4.69) is 16.0 Å². The minimum atomic E-state index is -1.33. The van der Waals surface area contributed by atoms with Crippen molar-refractivity contribution >= 4 is 23.9 Å². The highest BCUT2D eigenvalue weighted by Crippen LogP contribution is 2.28. The van der Waals surface area contributed by atoms with Crippen LogP contribution in [0.2, 0.25) is 0 Å². The van der Waals surface area contributed by atoms with Gasteiger partial charge in [-0.25, -0.2) is 9.59 Å². The molecule has 0 saturated heterocycles. The highest BCUT2D eigenvalue weighted by molar-refractivity contribution is 5.86. The van der Waals surface area contributed by atoms with E-state index in [0.717, 1.165) is 0 Å². The molecule has 4 atom stereocenters.